The largest absolute Gasteiger partial charge is 0.472 e. The number of unbranched alkanes of at least 4 members (excludes halogenated alkanes) is 11. The second-order valence-electron chi connectivity index (χ2n) is 15.6. The maximum atomic E-state index is 12.8. The van der Waals surface area contributed by atoms with Crippen LogP contribution in [0.5, 0.6) is 0 Å². The number of carbonyl (C=O) groups excluding carboxylic acids is 3. The van der Waals surface area contributed by atoms with Crippen molar-refractivity contribution in [2.24, 2.45) is 0 Å². The summed E-state index contributed by atoms with van der Waals surface area (Å²) in [5.74, 6) is -1.15. The van der Waals surface area contributed by atoms with Gasteiger partial charge in [0.15, 0.2) is 11.9 Å². The zero-order valence-electron chi connectivity index (χ0n) is 37.1. The Hall–Kier alpha value is -3.04. The van der Waals surface area contributed by atoms with Gasteiger partial charge in [-0.3, -0.25) is 23.4 Å². The minimum absolute atomic E-state index is 0.0400. The van der Waals surface area contributed by atoms with Crippen LogP contribution in [0.1, 0.15) is 149 Å². The number of phosphoric acid groups is 1. The Kier molecular flexibility index (Phi) is 33.4. The second kappa shape index (κ2) is 36.3. The molecule has 14 nitrogen and oxygen atoms in total. The molecule has 1 aliphatic rings. The maximum Gasteiger partial charge on any atom is 0.472 e. The SMILES string of the molecule is CC/C=C\C/C=C\C/C=C\C/C=C\CCCCCCC(=O)O[C@H](COC(=O)CCCCCCCC(=O)/C=C/C=C\CCCCC)COP(=O)(O)OC1[C@H](O)[C@H](O)C(O)[C@H](O)[C@H]1O. The second-order valence-corrected chi connectivity index (χ2v) is 17.0. The lowest BCUT2D eigenvalue weighted by Crippen LogP contribution is -2.64. The minimum Gasteiger partial charge on any atom is -0.462 e. The average Bonchev–Trinajstić information content (AvgIpc) is 3.25. The molecule has 0 amide bonds. The first-order chi connectivity index (χ1) is 29.8. The van der Waals surface area contributed by atoms with Gasteiger partial charge >= 0.3 is 19.8 Å². The van der Waals surface area contributed by atoms with E-state index in [0.29, 0.717) is 19.3 Å². The minimum atomic E-state index is -5.16. The molecule has 1 saturated carbocycles. The van der Waals surface area contributed by atoms with E-state index in [1.165, 1.54) is 12.8 Å². The number of allylic oxidation sites excluding steroid dienone is 12. The molecule has 0 heterocycles. The number of phosphoric ester groups is 1. The van der Waals surface area contributed by atoms with Crippen LogP contribution in [0, 0.1) is 0 Å². The summed E-state index contributed by atoms with van der Waals surface area (Å²) in [6, 6.07) is 0. The third-order valence-corrected chi connectivity index (χ3v) is 11.0. The normalized spacial score (nSPS) is 22.5. The van der Waals surface area contributed by atoms with Crippen molar-refractivity contribution in [2.75, 3.05) is 13.2 Å². The van der Waals surface area contributed by atoms with E-state index in [0.717, 1.165) is 89.9 Å². The highest BCUT2D eigenvalue weighted by molar-refractivity contribution is 7.47. The highest BCUT2D eigenvalue weighted by Gasteiger charge is 2.51. The zero-order valence-corrected chi connectivity index (χ0v) is 38.0. The van der Waals surface area contributed by atoms with Crippen LogP contribution in [0.3, 0.4) is 0 Å². The van der Waals surface area contributed by atoms with Gasteiger partial charge in [0.1, 0.15) is 43.2 Å². The van der Waals surface area contributed by atoms with Crippen molar-refractivity contribution in [1.82, 2.24) is 0 Å². The molecule has 354 valence electrons. The summed E-state index contributed by atoms with van der Waals surface area (Å²) in [6.07, 6.45) is 27.7. The van der Waals surface area contributed by atoms with Gasteiger partial charge in [-0.1, -0.05) is 126 Å². The van der Waals surface area contributed by atoms with Crippen molar-refractivity contribution in [3.63, 3.8) is 0 Å². The summed E-state index contributed by atoms with van der Waals surface area (Å²) in [7, 11) is -5.16. The number of carbonyl (C=O) groups is 3. The van der Waals surface area contributed by atoms with Crippen molar-refractivity contribution in [2.45, 2.75) is 191 Å². The van der Waals surface area contributed by atoms with Gasteiger partial charge in [-0.25, -0.2) is 4.57 Å². The van der Waals surface area contributed by atoms with Crippen LogP contribution in [0.2, 0.25) is 0 Å². The zero-order chi connectivity index (χ0) is 45.9. The summed E-state index contributed by atoms with van der Waals surface area (Å²) >= 11 is 0. The van der Waals surface area contributed by atoms with Crippen LogP contribution >= 0.6 is 7.82 Å². The van der Waals surface area contributed by atoms with Gasteiger partial charge in [-0.05, 0) is 76.7 Å². The van der Waals surface area contributed by atoms with E-state index in [1.807, 2.05) is 6.08 Å². The van der Waals surface area contributed by atoms with Gasteiger partial charge in [-0.15, -0.1) is 0 Å². The van der Waals surface area contributed by atoms with Crippen LogP contribution < -0.4 is 0 Å². The van der Waals surface area contributed by atoms with Gasteiger partial charge in [-0.2, -0.15) is 0 Å². The van der Waals surface area contributed by atoms with E-state index < -0.39 is 75.7 Å². The quantitative estimate of drug-likeness (QED) is 0.00878. The lowest BCUT2D eigenvalue weighted by atomic mass is 9.85. The summed E-state index contributed by atoms with van der Waals surface area (Å²) < 4.78 is 33.4. The topological polar surface area (TPSA) is 227 Å². The third-order valence-electron chi connectivity index (χ3n) is 10.0. The number of rotatable bonds is 36. The molecule has 62 heavy (non-hydrogen) atoms. The smallest absolute Gasteiger partial charge is 0.462 e. The Balaban J connectivity index is 2.53. The number of esters is 2. The Morgan fingerprint density at radius 2 is 1.06 bits per heavy atom. The molecule has 0 bridgehead atoms. The first kappa shape index (κ1) is 57.0. The molecule has 0 spiro atoms. The van der Waals surface area contributed by atoms with Gasteiger partial charge in [0.25, 0.3) is 0 Å². The number of ether oxygens (including phenoxy) is 2. The lowest BCUT2D eigenvalue weighted by molar-refractivity contribution is -0.220. The lowest BCUT2D eigenvalue weighted by Gasteiger charge is -2.41. The van der Waals surface area contributed by atoms with Crippen molar-refractivity contribution in [3.05, 3.63) is 72.9 Å². The fourth-order valence-corrected chi connectivity index (χ4v) is 7.29. The number of hydrogen-bond donors (Lipinski definition) is 6. The fourth-order valence-electron chi connectivity index (χ4n) is 6.32. The molecule has 6 N–H and O–H groups in total. The molecule has 0 aliphatic heterocycles. The van der Waals surface area contributed by atoms with Crippen LogP contribution in [-0.4, -0.2) is 104 Å². The Morgan fingerprint density at radius 1 is 0.565 bits per heavy atom. The van der Waals surface area contributed by atoms with Gasteiger partial charge in [0.2, 0.25) is 0 Å². The molecule has 1 aliphatic carbocycles. The molecule has 3 unspecified atom stereocenters. The molecule has 15 heteroatoms. The van der Waals surface area contributed by atoms with Gasteiger partial charge in [0, 0.05) is 19.3 Å². The molecular formula is C47H77O14P. The highest BCUT2D eigenvalue weighted by Crippen LogP contribution is 2.47. The Bertz CT molecular complexity index is 1420. The highest BCUT2D eigenvalue weighted by atomic mass is 31.2. The first-order valence-corrected chi connectivity index (χ1v) is 24.2. The average molecular weight is 897 g/mol. The molecule has 0 radical (unpaired) electrons. The van der Waals surface area contributed by atoms with E-state index >= 15 is 0 Å². The maximum absolute atomic E-state index is 12.8. The van der Waals surface area contributed by atoms with Gasteiger partial charge < -0.3 is 39.9 Å². The summed E-state index contributed by atoms with van der Waals surface area (Å²) in [5.41, 5.74) is 0. The first-order valence-electron chi connectivity index (χ1n) is 22.7. The fraction of sp³-hybridized carbons (Fsp3) is 0.681. The van der Waals surface area contributed by atoms with Crippen LogP contribution in [0.15, 0.2) is 72.9 Å². The van der Waals surface area contributed by atoms with E-state index in [-0.39, 0.29) is 18.6 Å². The number of hydrogen-bond acceptors (Lipinski definition) is 13. The summed E-state index contributed by atoms with van der Waals surface area (Å²) in [5, 5.41) is 50.1. The van der Waals surface area contributed by atoms with Crippen LogP contribution in [0.4, 0.5) is 0 Å². The van der Waals surface area contributed by atoms with E-state index in [4.69, 9.17) is 18.5 Å². The summed E-state index contributed by atoms with van der Waals surface area (Å²) in [4.78, 5) is 47.7. The molecule has 8 atom stereocenters. The standard InChI is InChI=1S/C47H77O14P/c1-3-5-7-9-11-12-13-14-15-16-17-18-19-20-22-26-31-35-41(50)60-39(37-59-62(56,57)61-47-45(54)43(52)42(51)44(53)46(47)55)36-58-40(49)34-30-27-23-25-29-33-38(48)32-28-24-21-10-8-6-4-2/h5,7,11-12,14-15,17-18,21,24,28,32,39,42-47,51-55H,3-4,6,8-10,13,16,19-20,22-23,25-27,29-31,33-37H2,1-2H3,(H,56,57)/b7-5-,12-11-,15-14-,18-17-,24-21-,32-28+/t39-,42?,43-,44+,45-,46-,47?/m1/s1. The van der Waals surface area contributed by atoms with Gasteiger partial charge in [0.05, 0.1) is 6.61 Å². The monoisotopic (exact) mass is 897 g/mol. The predicted octanol–water partition coefficient (Wildman–Crippen LogP) is 7.90. The van der Waals surface area contributed by atoms with Crippen molar-refractivity contribution >= 4 is 25.5 Å². The van der Waals surface area contributed by atoms with E-state index in [9.17, 15) is 49.4 Å². The third kappa shape index (κ3) is 28.6. The van der Waals surface area contributed by atoms with Crippen molar-refractivity contribution < 1.29 is 67.9 Å². The van der Waals surface area contributed by atoms with Crippen molar-refractivity contribution in [1.29, 1.82) is 0 Å². The molecule has 0 aromatic rings. The van der Waals surface area contributed by atoms with E-state index in [2.05, 4.69) is 68.5 Å². The molecule has 1 fully saturated rings. The molecule has 0 aromatic heterocycles. The Morgan fingerprint density at radius 3 is 1.68 bits per heavy atom. The summed E-state index contributed by atoms with van der Waals surface area (Å²) in [6.45, 7) is 2.99. The van der Waals surface area contributed by atoms with E-state index in [1.54, 1.807) is 12.2 Å². The number of aliphatic hydroxyl groups is 5. The van der Waals surface area contributed by atoms with Crippen LogP contribution in [-0.2, 0) is 37.5 Å². The molecule has 0 aromatic carbocycles. The number of aliphatic hydroxyl groups excluding tert-OH is 5. The van der Waals surface area contributed by atoms with Crippen LogP contribution in [0.25, 0.3) is 0 Å². The molecule has 0 saturated heterocycles. The predicted molar refractivity (Wildman–Crippen MR) is 240 cm³/mol. The number of ketones is 1. The molecular weight excluding hydrogens is 819 g/mol. The van der Waals surface area contributed by atoms with Crippen molar-refractivity contribution in [3.8, 4) is 0 Å². The molecule has 1 rings (SSSR count). The Labute approximate surface area is 370 Å².